The number of carbonyl (C=O) groups excluding carboxylic acids is 1. The maximum absolute atomic E-state index is 14.9. The van der Waals surface area contributed by atoms with Crippen LogP contribution in [0.1, 0.15) is 15.9 Å². The predicted molar refractivity (Wildman–Crippen MR) is 106 cm³/mol. The zero-order valence-electron chi connectivity index (χ0n) is 15.5. The van der Waals surface area contributed by atoms with Gasteiger partial charge in [0.15, 0.2) is 24.0 Å². The number of fused-ring (bicyclic) bond motifs is 1. The summed E-state index contributed by atoms with van der Waals surface area (Å²) in [7, 11) is 0. The van der Waals surface area contributed by atoms with Gasteiger partial charge in [0.2, 0.25) is 0 Å². The summed E-state index contributed by atoms with van der Waals surface area (Å²) in [5.41, 5.74) is 1.26. The average Bonchev–Trinajstić information content (AvgIpc) is 3.16. The lowest BCUT2D eigenvalue weighted by molar-refractivity contribution is -0.153. The van der Waals surface area contributed by atoms with E-state index in [1.54, 1.807) is 30.7 Å². The highest BCUT2D eigenvalue weighted by Gasteiger charge is 2.30. The average molecular weight is 450 g/mol. The third kappa shape index (κ3) is 4.22. The number of nitrogens with one attached hydrogen (secondary N) is 1. The van der Waals surface area contributed by atoms with E-state index in [0.29, 0.717) is 16.6 Å². The van der Waals surface area contributed by atoms with E-state index in [4.69, 9.17) is 11.6 Å². The number of aromatic nitrogens is 3. The van der Waals surface area contributed by atoms with Gasteiger partial charge in [-0.05, 0) is 24.3 Å². The standard InChI is InChI=1S/C21H12ClF4N3O2/c22-15-3-4-16(31-10-21(24,25)26)18(23)17(15)19(30)14-9-29-20-13(14)6-12(8-28-20)11-2-1-5-27-7-11/h1-9H,10H2,(H,28,29). The van der Waals surface area contributed by atoms with Crippen LogP contribution in [0.3, 0.4) is 0 Å². The van der Waals surface area contributed by atoms with Crippen LogP contribution in [-0.2, 0) is 0 Å². The van der Waals surface area contributed by atoms with Crippen LogP contribution < -0.4 is 4.74 Å². The van der Waals surface area contributed by atoms with Gasteiger partial charge in [0.25, 0.3) is 0 Å². The molecule has 0 fully saturated rings. The molecule has 10 heteroatoms. The molecule has 0 saturated carbocycles. The molecule has 0 aliphatic carbocycles. The van der Waals surface area contributed by atoms with Crippen LogP contribution in [-0.4, -0.2) is 33.5 Å². The summed E-state index contributed by atoms with van der Waals surface area (Å²) >= 11 is 6.01. The van der Waals surface area contributed by atoms with E-state index >= 15 is 0 Å². The van der Waals surface area contributed by atoms with Gasteiger partial charge in [0, 0.05) is 46.9 Å². The first-order chi connectivity index (χ1) is 14.7. The van der Waals surface area contributed by atoms with Crippen LogP contribution in [0.15, 0.2) is 55.1 Å². The van der Waals surface area contributed by atoms with Crippen molar-refractivity contribution < 1.29 is 27.1 Å². The first-order valence-electron chi connectivity index (χ1n) is 8.84. The molecule has 4 aromatic rings. The minimum absolute atomic E-state index is 0.0574. The normalized spacial score (nSPS) is 11.6. The largest absolute Gasteiger partial charge is 0.481 e. The number of alkyl halides is 3. The molecule has 0 saturated heterocycles. The molecular formula is C21H12ClF4N3O2. The Balaban J connectivity index is 1.76. The summed E-state index contributed by atoms with van der Waals surface area (Å²) in [5.74, 6) is -2.82. The van der Waals surface area contributed by atoms with Crippen LogP contribution in [0, 0.1) is 5.82 Å². The minimum atomic E-state index is -4.67. The zero-order chi connectivity index (χ0) is 22.2. The smallest absolute Gasteiger partial charge is 0.422 e. The summed E-state index contributed by atoms with van der Waals surface area (Å²) < 4.78 is 56.6. The summed E-state index contributed by atoms with van der Waals surface area (Å²) in [5, 5.41) is 0.135. The number of carbonyl (C=O) groups is 1. The molecule has 0 aliphatic heterocycles. The predicted octanol–water partition coefficient (Wildman–Crippen LogP) is 5.59. The van der Waals surface area contributed by atoms with Gasteiger partial charge in [-0.15, -0.1) is 0 Å². The SMILES string of the molecule is O=C(c1c(Cl)ccc(OCC(F)(F)F)c1F)c1c[nH]c2ncc(-c3cccnc3)cc12. The molecule has 0 aliphatic rings. The van der Waals surface area contributed by atoms with Gasteiger partial charge >= 0.3 is 6.18 Å². The number of nitrogens with zero attached hydrogens (tertiary/aromatic N) is 2. The molecule has 0 amide bonds. The van der Waals surface area contributed by atoms with Gasteiger partial charge < -0.3 is 9.72 Å². The van der Waals surface area contributed by atoms with Gasteiger partial charge in [0.1, 0.15) is 5.65 Å². The highest BCUT2D eigenvalue weighted by molar-refractivity contribution is 6.35. The third-order valence-electron chi connectivity index (χ3n) is 4.44. The number of ketones is 1. The highest BCUT2D eigenvalue weighted by atomic mass is 35.5. The van der Waals surface area contributed by atoms with Gasteiger partial charge in [-0.25, -0.2) is 9.37 Å². The van der Waals surface area contributed by atoms with Gasteiger partial charge in [0.05, 0.1) is 10.6 Å². The van der Waals surface area contributed by atoms with Crippen molar-refractivity contribution in [2.45, 2.75) is 6.18 Å². The van der Waals surface area contributed by atoms with Crippen molar-refractivity contribution in [3.05, 3.63) is 77.1 Å². The number of pyridine rings is 2. The fourth-order valence-corrected chi connectivity index (χ4v) is 3.26. The Morgan fingerprint density at radius 2 is 1.97 bits per heavy atom. The molecule has 1 N–H and O–H groups in total. The molecule has 0 unspecified atom stereocenters. The summed E-state index contributed by atoms with van der Waals surface area (Å²) in [4.78, 5) is 24.2. The molecular weight excluding hydrogens is 438 g/mol. The second kappa shape index (κ2) is 7.99. The quantitative estimate of drug-likeness (QED) is 0.318. The molecule has 0 atom stereocenters. The van der Waals surface area contributed by atoms with Crippen molar-refractivity contribution in [1.29, 1.82) is 0 Å². The molecule has 31 heavy (non-hydrogen) atoms. The van der Waals surface area contributed by atoms with Crippen LogP contribution in [0.4, 0.5) is 17.6 Å². The van der Waals surface area contributed by atoms with E-state index in [9.17, 15) is 22.4 Å². The Bertz CT molecular complexity index is 1270. The Morgan fingerprint density at radius 3 is 2.68 bits per heavy atom. The Kier molecular flexibility index (Phi) is 5.36. The van der Waals surface area contributed by atoms with Gasteiger partial charge in [-0.1, -0.05) is 17.7 Å². The molecule has 4 rings (SSSR count). The summed E-state index contributed by atoms with van der Waals surface area (Å²) in [6, 6.07) is 7.28. The van der Waals surface area contributed by atoms with E-state index in [0.717, 1.165) is 17.7 Å². The lowest BCUT2D eigenvalue weighted by Crippen LogP contribution is -2.20. The monoisotopic (exact) mass is 449 g/mol. The maximum Gasteiger partial charge on any atom is 0.422 e. The number of aromatic amines is 1. The number of rotatable bonds is 5. The van der Waals surface area contributed by atoms with Crippen molar-refractivity contribution in [3.63, 3.8) is 0 Å². The lowest BCUT2D eigenvalue weighted by Gasteiger charge is -2.12. The molecule has 3 aromatic heterocycles. The molecule has 0 bridgehead atoms. The Hall–Kier alpha value is -3.46. The first kappa shape index (κ1) is 20.8. The third-order valence-corrected chi connectivity index (χ3v) is 4.76. The molecule has 0 radical (unpaired) electrons. The van der Waals surface area contributed by atoms with Crippen molar-refractivity contribution >= 4 is 28.4 Å². The zero-order valence-corrected chi connectivity index (χ0v) is 16.3. The first-order valence-corrected chi connectivity index (χ1v) is 9.22. The Labute approximate surface area is 177 Å². The topological polar surface area (TPSA) is 67.9 Å². The lowest BCUT2D eigenvalue weighted by atomic mass is 10.0. The van der Waals surface area contributed by atoms with E-state index < -0.39 is 35.7 Å². The van der Waals surface area contributed by atoms with E-state index in [1.807, 2.05) is 6.07 Å². The van der Waals surface area contributed by atoms with E-state index in [-0.39, 0.29) is 10.6 Å². The fourth-order valence-electron chi connectivity index (χ4n) is 3.03. The number of halogens is 5. The van der Waals surface area contributed by atoms with Crippen LogP contribution >= 0.6 is 11.6 Å². The minimum Gasteiger partial charge on any atom is -0.481 e. The number of benzene rings is 1. The van der Waals surface area contributed by atoms with Gasteiger partial charge in [-0.2, -0.15) is 13.2 Å². The Morgan fingerprint density at radius 1 is 1.16 bits per heavy atom. The van der Waals surface area contributed by atoms with Crippen LogP contribution in [0.5, 0.6) is 5.75 Å². The molecule has 158 valence electrons. The van der Waals surface area contributed by atoms with Crippen molar-refractivity contribution in [3.8, 4) is 16.9 Å². The highest BCUT2D eigenvalue weighted by Crippen LogP contribution is 2.32. The number of hydrogen-bond acceptors (Lipinski definition) is 4. The summed E-state index contributed by atoms with van der Waals surface area (Å²) in [6.07, 6.45) is 1.49. The summed E-state index contributed by atoms with van der Waals surface area (Å²) in [6.45, 7) is -1.70. The molecule has 1 aromatic carbocycles. The van der Waals surface area contributed by atoms with Crippen molar-refractivity contribution in [1.82, 2.24) is 15.0 Å². The molecule has 3 heterocycles. The van der Waals surface area contributed by atoms with Crippen LogP contribution in [0.25, 0.3) is 22.2 Å². The molecule has 0 spiro atoms. The number of H-pyrrole nitrogens is 1. The number of hydrogen-bond donors (Lipinski definition) is 1. The van der Waals surface area contributed by atoms with Gasteiger partial charge in [-0.3, -0.25) is 9.78 Å². The molecule has 5 nitrogen and oxygen atoms in total. The maximum atomic E-state index is 14.9. The second-order valence-electron chi connectivity index (χ2n) is 6.53. The number of ether oxygens (including phenoxy) is 1. The second-order valence-corrected chi connectivity index (χ2v) is 6.94. The van der Waals surface area contributed by atoms with E-state index in [1.165, 1.54) is 6.20 Å². The van der Waals surface area contributed by atoms with Crippen LogP contribution in [0.2, 0.25) is 5.02 Å². The van der Waals surface area contributed by atoms with E-state index in [2.05, 4.69) is 19.7 Å². The van der Waals surface area contributed by atoms with Crippen molar-refractivity contribution in [2.75, 3.05) is 6.61 Å². The van der Waals surface area contributed by atoms with Crippen molar-refractivity contribution in [2.24, 2.45) is 0 Å². The fraction of sp³-hybridized carbons (Fsp3) is 0.0952.